The Morgan fingerprint density at radius 3 is 0.953 bits per heavy atom. The summed E-state index contributed by atoms with van der Waals surface area (Å²) in [5, 5.41) is 16.7. The molecule has 26 aromatic rings. The monoisotopic (exact) mass is 1960 g/mol. The molecule has 6 aromatic heterocycles. The molecule has 0 saturated heterocycles. The van der Waals surface area contributed by atoms with Gasteiger partial charge in [0, 0.05) is 130 Å². The van der Waals surface area contributed by atoms with Gasteiger partial charge in [0.1, 0.15) is 5.75 Å². The normalized spacial score (nSPS) is 12.4. The number of pyridine rings is 2. The van der Waals surface area contributed by atoms with Crippen LogP contribution in [0.1, 0.15) is 44.5 Å². The molecule has 6 heterocycles. The largest absolute Gasteiger partial charge is 0.569 e. The van der Waals surface area contributed by atoms with Gasteiger partial charge in [-0.1, -0.05) is 325 Å². The summed E-state index contributed by atoms with van der Waals surface area (Å²) in [6.07, 6.45) is 8.04. The lowest BCUT2D eigenvalue weighted by Gasteiger charge is -2.35. The molecule has 0 amide bonds. The first kappa shape index (κ1) is 89.4. The number of halogens is 1. The number of nitrogens with zero attached hydrogens (tertiary/aromatic N) is 8. The van der Waals surface area contributed by atoms with E-state index in [0.717, 1.165) is 83.6 Å². The van der Waals surface area contributed by atoms with E-state index in [0.29, 0.717) is 13.4 Å². The van der Waals surface area contributed by atoms with Crippen LogP contribution in [0.15, 0.2) is 563 Å². The second kappa shape index (κ2) is 38.2. The summed E-state index contributed by atoms with van der Waals surface area (Å²) >= 11 is 3.68. The molecule has 12 heteroatoms. The number of aromatic nitrogens is 6. The SMILES string of the molecule is Brc1ccc2c(c1)c1c3ccn(-c4ccccc4)c3ccc1n2-c1ccccc1.O[B]Oc1ccc(N(c2ccc(-c3ccccn3)cc2)c2ccc3c(c2)C(c2ccccc2)(c2ccccc2)c2ccccc2-3)cc1.c1ccc(-n2ccc3c4c5cc(-c6ccc(N(c7ccc(-c8ccccn8)cc7)c7ccc8c(c7)C(c7ccccc7)(c7ccccc7)c7ccccc7-8)cc6)ccc5n(-c5ccccc5)c4ccc32)cc1. The van der Waals surface area contributed by atoms with Gasteiger partial charge in [-0.2, -0.15) is 0 Å². The first-order valence-corrected chi connectivity index (χ1v) is 50.8. The van der Waals surface area contributed by atoms with E-state index in [1.54, 1.807) is 0 Å². The van der Waals surface area contributed by atoms with E-state index < -0.39 is 10.8 Å². The van der Waals surface area contributed by atoms with Crippen LogP contribution in [0.2, 0.25) is 0 Å². The predicted octanol–water partition coefficient (Wildman–Crippen LogP) is 34.3. The van der Waals surface area contributed by atoms with Crippen LogP contribution >= 0.6 is 15.9 Å². The zero-order chi connectivity index (χ0) is 98.6. The Labute approximate surface area is 867 Å². The molecule has 1 N–H and O–H groups in total. The van der Waals surface area contributed by atoms with Crippen molar-refractivity contribution in [1.82, 2.24) is 28.2 Å². The lowest BCUT2D eigenvalue weighted by Crippen LogP contribution is -2.28. The highest BCUT2D eigenvalue weighted by atomic mass is 79.9. The Bertz CT molecular complexity index is 9290. The zero-order valence-corrected chi connectivity index (χ0v) is 82.1. The van der Waals surface area contributed by atoms with Crippen LogP contribution in [0.4, 0.5) is 34.1 Å². The van der Waals surface area contributed by atoms with Crippen LogP contribution in [0, 0.1) is 0 Å². The Hall–Kier alpha value is -18.7. The Kier molecular flexibility index (Phi) is 23.1. The number of para-hydroxylation sites is 4. The second-order valence-electron chi connectivity index (χ2n) is 37.5. The quantitative estimate of drug-likeness (QED) is 0.0813. The molecule has 28 rings (SSSR count). The molecule has 10 nitrogen and oxygen atoms in total. The van der Waals surface area contributed by atoms with Crippen LogP contribution in [0.5, 0.6) is 5.75 Å². The number of fused-ring (bicyclic) bond motifs is 16. The average Bonchev–Trinajstić information content (AvgIpc) is 1.53. The van der Waals surface area contributed by atoms with Crippen molar-refractivity contribution >= 4 is 123 Å². The third kappa shape index (κ3) is 15.5. The van der Waals surface area contributed by atoms with Crippen molar-refractivity contribution in [2.45, 2.75) is 10.8 Å². The minimum atomic E-state index is -0.527. The molecule has 0 unspecified atom stereocenters. The minimum Gasteiger partial charge on any atom is -0.537 e. The van der Waals surface area contributed by atoms with E-state index in [2.05, 4.69) is 546 Å². The van der Waals surface area contributed by atoms with Gasteiger partial charge in [-0.25, -0.2) is 0 Å². The summed E-state index contributed by atoms with van der Waals surface area (Å²) < 4.78 is 15.7. The lowest BCUT2D eigenvalue weighted by molar-refractivity contribution is 0.454. The van der Waals surface area contributed by atoms with Crippen molar-refractivity contribution in [3.8, 4) is 84.4 Å². The van der Waals surface area contributed by atoms with Crippen molar-refractivity contribution < 1.29 is 9.68 Å². The van der Waals surface area contributed by atoms with E-state index in [9.17, 15) is 5.02 Å². The highest BCUT2D eigenvalue weighted by molar-refractivity contribution is 9.10. The number of rotatable bonds is 19. The molecule has 0 spiro atoms. The highest BCUT2D eigenvalue weighted by Crippen LogP contribution is 2.60. The molecule has 0 saturated carbocycles. The van der Waals surface area contributed by atoms with Crippen molar-refractivity contribution in [3.05, 3.63) is 608 Å². The summed E-state index contributed by atoms with van der Waals surface area (Å²) in [4.78, 5) is 13.9. The predicted molar refractivity (Wildman–Crippen MR) is 614 cm³/mol. The van der Waals surface area contributed by atoms with Gasteiger partial charge in [0.25, 0.3) is 0 Å². The van der Waals surface area contributed by atoms with Gasteiger partial charge in [-0.05, 0) is 302 Å². The van der Waals surface area contributed by atoms with E-state index in [1.165, 1.54) is 144 Å². The van der Waals surface area contributed by atoms with Crippen molar-refractivity contribution in [2.24, 2.45) is 0 Å². The molecule has 1 radical (unpaired) electrons. The number of anilines is 6. The summed E-state index contributed by atoms with van der Waals surface area (Å²) in [5.74, 6) is 0.554. The molecule has 0 atom stereocenters. The number of hydrogen-bond acceptors (Lipinski definition) is 6. The minimum absolute atomic E-state index is 0.506. The van der Waals surface area contributed by atoms with Crippen molar-refractivity contribution in [2.75, 3.05) is 9.80 Å². The van der Waals surface area contributed by atoms with Crippen LogP contribution in [-0.2, 0) is 10.8 Å². The Balaban J connectivity index is 0.000000124. The van der Waals surface area contributed by atoms with Crippen LogP contribution in [0.25, 0.3) is 144 Å². The van der Waals surface area contributed by atoms with E-state index in [4.69, 9.17) is 4.65 Å². The number of hydrogen-bond donors (Lipinski definition) is 1. The second-order valence-corrected chi connectivity index (χ2v) is 38.5. The Morgan fingerprint density at radius 1 is 0.243 bits per heavy atom. The molecule has 0 aliphatic heterocycles. The molecule has 2 aliphatic carbocycles. The van der Waals surface area contributed by atoms with Crippen molar-refractivity contribution in [3.63, 3.8) is 0 Å². The topological polar surface area (TPSA) is 81.4 Å². The molecular weight excluding hydrogens is 1870 g/mol. The zero-order valence-electron chi connectivity index (χ0n) is 80.5. The van der Waals surface area contributed by atoms with E-state index in [-0.39, 0.29) is 0 Å². The molecule has 0 bridgehead atoms. The van der Waals surface area contributed by atoms with Gasteiger partial charge >= 0.3 is 7.69 Å². The molecule has 2 aliphatic rings. The molecule has 0 fully saturated rings. The molecule has 20 aromatic carbocycles. The van der Waals surface area contributed by atoms with Crippen molar-refractivity contribution in [1.29, 1.82) is 0 Å². The van der Waals surface area contributed by atoms with E-state index >= 15 is 0 Å². The van der Waals surface area contributed by atoms with Gasteiger partial charge in [0.05, 0.1) is 55.3 Å². The summed E-state index contributed by atoms with van der Waals surface area (Å²) in [6, 6.07) is 191. The highest BCUT2D eigenvalue weighted by Gasteiger charge is 2.48. The molecule has 699 valence electrons. The standard InChI is InChI=1S/C68H46N4.C42H30BN2O2.C26H17BrN2/c1-5-17-50(18-6-1)68(51-19-7-2-8-20-51)61-26-14-13-25-57(61)58-38-37-56(46-62(58)68)71(55-35-30-48(31-36-55)63-27-15-16-43-69-63)54-33-28-47(29-34-54)49-32-39-65-60(45-49)67-59-42-44-70(52-21-9-3-10-22-52)64(59)40-41-66(67)72(65)53-23-11-4-12-24-53;46-43-47-36-25-22-34(23-26-36)45(33-20-18-30(19-21-33)41-17-9-10-28-44-41)35-24-27-38-37-15-7-8-16-39(37)42(40(38)29-35,31-11-3-1-4-12-31)32-13-5-2-6-14-32;27-18-11-12-24-22(17-18)26-21-15-16-28(19-7-3-1-4-8-19)23(21)13-14-25(26)29(24)20-9-5-2-6-10-20/h1-46H;1-29,46H;1-17H. The third-order valence-electron chi connectivity index (χ3n) is 29.6. The fourth-order valence-electron chi connectivity index (χ4n) is 23.2. The average molecular weight is 1960 g/mol. The van der Waals surface area contributed by atoms with Crippen LogP contribution in [-0.4, -0.2) is 40.9 Å². The smallest absolute Gasteiger partial charge is 0.537 e. The third-order valence-corrected chi connectivity index (χ3v) is 30.1. The maximum absolute atomic E-state index is 9.21. The van der Waals surface area contributed by atoms with Crippen LogP contribution in [0.3, 0.4) is 0 Å². The molecular formula is C136H93BBrN8O2. The van der Waals surface area contributed by atoms with Gasteiger partial charge < -0.3 is 37.7 Å². The van der Waals surface area contributed by atoms with Gasteiger partial charge in [-0.15, -0.1) is 0 Å². The van der Waals surface area contributed by atoms with E-state index in [1.807, 2.05) is 67.0 Å². The summed E-state index contributed by atoms with van der Waals surface area (Å²) in [7, 11) is 0.702. The van der Waals surface area contributed by atoms with Crippen LogP contribution < -0.4 is 14.5 Å². The lowest BCUT2D eigenvalue weighted by atomic mass is 9.67. The first-order chi connectivity index (χ1) is 73.3. The summed E-state index contributed by atoms with van der Waals surface area (Å²) in [6.45, 7) is 0. The fourth-order valence-corrected chi connectivity index (χ4v) is 23.5. The van der Waals surface area contributed by atoms with Gasteiger partial charge in [-0.3, -0.25) is 9.97 Å². The van der Waals surface area contributed by atoms with Gasteiger partial charge in [0.2, 0.25) is 0 Å². The Morgan fingerprint density at radius 2 is 0.561 bits per heavy atom. The number of benzene rings is 20. The fraction of sp³-hybridized carbons (Fsp3) is 0.0147. The first-order valence-electron chi connectivity index (χ1n) is 50.0. The summed E-state index contributed by atoms with van der Waals surface area (Å²) in [5.41, 5.74) is 38.3. The maximum atomic E-state index is 9.21. The maximum Gasteiger partial charge on any atom is 0.569 e. The van der Waals surface area contributed by atoms with Gasteiger partial charge in [0.15, 0.2) is 0 Å². The molecule has 148 heavy (non-hydrogen) atoms.